The summed E-state index contributed by atoms with van der Waals surface area (Å²) >= 11 is 4.21. The van der Waals surface area contributed by atoms with Gasteiger partial charge in [-0.1, -0.05) is 25.1 Å². The van der Waals surface area contributed by atoms with Crippen LogP contribution in [0.1, 0.15) is 13.3 Å². The van der Waals surface area contributed by atoms with E-state index in [1.807, 2.05) is 37.3 Å². The fraction of sp³-hybridized carbons (Fsp3) is 0.250. The number of hydrogen-bond donors (Lipinski definition) is 1. The van der Waals surface area contributed by atoms with Gasteiger partial charge in [0.1, 0.15) is 11.5 Å². The van der Waals surface area contributed by atoms with E-state index in [0.29, 0.717) is 17.1 Å². The topological polar surface area (TPSA) is 43.4 Å². The second kappa shape index (κ2) is 7.00. The first kappa shape index (κ1) is 15.9. The SMILES string of the molecule is CC(S)CCS(=O)(=O)c1ccc(Oc2ccccc2)cc1. The molecule has 0 aliphatic heterocycles. The van der Waals surface area contributed by atoms with Gasteiger partial charge in [-0.3, -0.25) is 0 Å². The van der Waals surface area contributed by atoms with E-state index in [0.717, 1.165) is 5.75 Å². The summed E-state index contributed by atoms with van der Waals surface area (Å²) in [6.07, 6.45) is 0.535. The third-order valence-electron chi connectivity index (χ3n) is 2.97. The largest absolute Gasteiger partial charge is 0.457 e. The molecule has 112 valence electrons. The van der Waals surface area contributed by atoms with Crippen molar-refractivity contribution in [1.82, 2.24) is 0 Å². The Morgan fingerprint density at radius 2 is 1.57 bits per heavy atom. The molecule has 0 N–H and O–H groups in total. The summed E-state index contributed by atoms with van der Waals surface area (Å²) in [7, 11) is -3.25. The first-order valence-corrected chi connectivity index (χ1v) is 8.88. The van der Waals surface area contributed by atoms with E-state index < -0.39 is 9.84 Å². The normalized spacial score (nSPS) is 12.9. The van der Waals surface area contributed by atoms with Gasteiger partial charge in [-0.15, -0.1) is 0 Å². The number of rotatable bonds is 6. The van der Waals surface area contributed by atoms with Gasteiger partial charge in [-0.25, -0.2) is 8.42 Å². The molecule has 3 nitrogen and oxygen atoms in total. The lowest BCUT2D eigenvalue weighted by Crippen LogP contribution is -2.10. The van der Waals surface area contributed by atoms with Gasteiger partial charge in [0.15, 0.2) is 9.84 Å². The lowest BCUT2D eigenvalue weighted by molar-refractivity contribution is 0.482. The molecule has 1 unspecified atom stereocenters. The summed E-state index contributed by atoms with van der Waals surface area (Å²) in [4.78, 5) is 0.317. The number of para-hydroxylation sites is 1. The number of sulfone groups is 1. The van der Waals surface area contributed by atoms with Gasteiger partial charge in [0.25, 0.3) is 0 Å². The van der Waals surface area contributed by atoms with Crippen LogP contribution in [-0.4, -0.2) is 19.4 Å². The van der Waals surface area contributed by atoms with Gasteiger partial charge >= 0.3 is 0 Å². The second-order valence-corrected chi connectivity index (χ2v) is 7.83. The van der Waals surface area contributed by atoms with E-state index in [9.17, 15) is 8.42 Å². The molecule has 0 spiro atoms. The van der Waals surface area contributed by atoms with Crippen molar-refractivity contribution in [3.05, 3.63) is 54.6 Å². The van der Waals surface area contributed by atoms with E-state index >= 15 is 0 Å². The van der Waals surface area contributed by atoms with Crippen LogP contribution < -0.4 is 4.74 Å². The van der Waals surface area contributed by atoms with Crippen molar-refractivity contribution in [3.8, 4) is 11.5 Å². The predicted octanol–water partition coefficient (Wildman–Crippen LogP) is 3.96. The second-order valence-electron chi connectivity index (χ2n) is 4.84. The van der Waals surface area contributed by atoms with Crippen molar-refractivity contribution in [3.63, 3.8) is 0 Å². The Bertz CT molecular complexity index is 662. The number of benzene rings is 2. The molecule has 0 amide bonds. The minimum absolute atomic E-state index is 0.0699. The quantitative estimate of drug-likeness (QED) is 0.819. The van der Waals surface area contributed by atoms with Crippen LogP contribution in [0.3, 0.4) is 0 Å². The Morgan fingerprint density at radius 1 is 1.00 bits per heavy atom. The van der Waals surface area contributed by atoms with Crippen LogP contribution in [0.2, 0.25) is 0 Å². The molecule has 2 rings (SSSR count). The Hall–Kier alpha value is -1.46. The maximum Gasteiger partial charge on any atom is 0.178 e. The molecule has 21 heavy (non-hydrogen) atoms. The fourth-order valence-corrected chi connectivity index (χ4v) is 3.54. The van der Waals surface area contributed by atoms with Gasteiger partial charge in [0.05, 0.1) is 10.6 Å². The molecule has 5 heteroatoms. The molecule has 0 radical (unpaired) electrons. The van der Waals surface area contributed by atoms with Crippen molar-refractivity contribution in [2.24, 2.45) is 0 Å². The summed E-state index contributed by atoms with van der Waals surface area (Å²) in [6, 6.07) is 15.9. The molecular weight excluding hydrogens is 304 g/mol. The maximum atomic E-state index is 12.1. The number of hydrogen-bond acceptors (Lipinski definition) is 4. The van der Waals surface area contributed by atoms with E-state index in [4.69, 9.17) is 4.74 Å². The van der Waals surface area contributed by atoms with Crippen molar-refractivity contribution in [2.75, 3.05) is 5.75 Å². The highest BCUT2D eigenvalue weighted by atomic mass is 32.2. The molecule has 1 atom stereocenters. The molecular formula is C16H18O3S2. The molecule has 0 heterocycles. The summed E-state index contributed by atoms with van der Waals surface area (Å²) in [5.41, 5.74) is 0. The van der Waals surface area contributed by atoms with Gasteiger partial charge < -0.3 is 4.74 Å². The van der Waals surface area contributed by atoms with Crippen molar-refractivity contribution < 1.29 is 13.2 Å². The van der Waals surface area contributed by atoms with Crippen molar-refractivity contribution >= 4 is 22.5 Å². The first-order valence-electron chi connectivity index (χ1n) is 6.71. The molecule has 0 saturated carbocycles. The number of ether oxygens (including phenoxy) is 1. The van der Waals surface area contributed by atoms with Crippen LogP contribution in [0.5, 0.6) is 11.5 Å². The average molecular weight is 322 g/mol. The Morgan fingerprint density at radius 3 is 2.14 bits per heavy atom. The molecule has 0 aromatic heterocycles. The Balaban J connectivity index is 2.08. The zero-order valence-corrected chi connectivity index (χ0v) is 13.5. The molecule has 0 fully saturated rings. The standard InChI is InChI=1S/C16H18O3S2/c1-13(20)11-12-21(17,18)16-9-7-15(8-10-16)19-14-5-3-2-4-6-14/h2-10,13,20H,11-12H2,1H3. The summed E-state index contributed by atoms with van der Waals surface area (Å²) in [5.74, 6) is 1.44. The summed E-state index contributed by atoms with van der Waals surface area (Å²) < 4.78 is 29.9. The van der Waals surface area contributed by atoms with Crippen molar-refractivity contribution in [1.29, 1.82) is 0 Å². The van der Waals surface area contributed by atoms with Gasteiger partial charge in [0, 0.05) is 0 Å². The minimum atomic E-state index is -3.25. The Kier molecular flexibility index (Phi) is 5.31. The third kappa shape index (κ3) is 4.79. The molecule has 0 aliphatic rings. The van der Waals surface area contributed by atoms with E-state index in [2.05, 4.69) is 12.6 Å². The highest BCUT2D eigenvalue weighted by Gasteiger charge is 2.15. The van der Waals surface area contributed by atoms with E-state index in [-0.39, 0.29) is 11.0 Å². The summed E-state index contributed by atoms with van der Waals surface area (Å²) in [6.45, 7) is 1.88. The first-order chi connectivity index (χ1) is 9.97. The maximum absolute atomic E-state index is 12.1. The van der Waals surface area contributed by atoms with Gasteiger partial charge in [-0.2, -0.15) is 12.6 Å². The van der Waals surface area contributed by atoms with Crippen LogP contribution in [0.15, 0.2) is 59.5 Å². The van der Waals surface area contributed by atoms with E-state index in [1.165, 1.54) is 0 Å². The highest BCUT2D eigenvalue weighted by Crippen LogP contribution is 2.23. The zero-order chi connectivity index (χ0) is 15.3. The van der Waals surface area contributed by atoms with Gasteiger partial charge in [0.2, 0.25) is 0 Å². The Labute approximate surface area is 131 Å². The lowest BCUT2D eigenvalue weighted by atomic mass is 10.3. The predicted molar refractivity (Wildman–Crippen MR) is 88.1 cm³/mol. The average Bonchev–Trinajstić information content (AvgIpc) is 2.47. The minimum Gasteiger partial charge on any atom is -0.457 e. The van der Waals surface area contributed by atoms with Crippen molar-refractivity contribution in [2.45, 2.75) is 23.5 Å². The smallest absolute Gasteiger partial charge is 0.178 e. The fourth-order valence-electron chi connectivity index (χ4n) is 1.78. The molecule has 0 bridgehead atoms. The third-order valence-corrected chi connectivity index (χ3v) is 4.99. The monoisotopic (exact) mass is 322 g/mol. The van der Waals surface area contributed by atoms with Crippen LogP contribution >= 0.6 is 12.6 Å². The van der Waals surface area contributed by atoms with Crippen LogP contribution in [0.4, 0.5) is 0 Å². The lowest BCUT2D eigenvalue weighted by Gasteiger charge is -2.08. The molecule has 0 aliphatic carbocycles. The number of thiol groups is 1. The van der Waals surface area contributed by atoms with E-state index in [1.54, 1.807) is 24.3 Å². The van der Waals surface area contributed by atoms with Gasteiger partial charge in [-0.05, 0) is 48.1 Å². The molecule has 2 aromatic carbocycles. The highest BCUT2D eigenvalue weighted by molar-refractivity contribution is 7.91. The zero-order valence-electron chi connectivity index (χ0n) is 11.8. The van der Waals surface area contributed by atoms with Crippen LogP contribution in [0, 0.1) is 0 Å². The molecule has 2 aromatic rings. The summed E-state index contributed by atoms with van der Waals surface area (Å²) in [5, 5.41) is 0.0699. The van der Waals surface area contributed by atoms with Crippen LogP contribution in [-0.2, 0) is 9.84 Å². The van der Waals surface area contributed by atoms with Crippen LogP contribution in [0.25, 0.3) is 0 Å². The molecule has 0 saturated heterocycles.